The summed E-state index contributed by atoms with van der Waals surface area (Å²) < 4.78 is 5.74. The highest BCUT2D eigenvalue weighted by molar-refractivity contribution is 4.97. The summed E-state index contributed by atoms with van der Waals surface area (Å²) in [6, 6.07) is 0. The fourth-order valence-electron chi connectivity index (χ4n) is 3.62. The van der Waals surface area contributed by atoms with Crippen LogP contribution in [0.2, 0.25) is 0 Å². The Morgan fingerprint density at radius 3 is 1.50 bits per heavy atom. The molecule has 0 bridgehead atoms. The van der Waals surface area contributed by atoms with Crippen LogP contribution in [0.15, 0.2) is 0 Å². The van der Waals surface area contributed by atoms with Crippen LogP contribution in [0.25, 0.3) is 0 Å². The van der Waals surface area contributed by atoms with E-state index in [1.807, 2.05) is 6.92 Å². The molecule has 1 aliphatic rings. The minimum absolute atomic E-state index is 0.324. The first-order chi connectivity index (χ1) is 10.6. The van der Waals surface area contributed by atoms with Crippen molar-refractivity contribution in [3.8, 4) is 0 Å². The molecular weight excluding hydrogens is 270 g/mol. The lowest BCUT2D eigenvalue weighted by Crippen LogP contribution is -2.26. The molecule has 0 amide bonds. The molecule has 0 aromatic heterocycles. The Morgan fingerprint density at radius 1 is 0.773 bits per heavy atom. The molecular formula is C20H41NO. The van der Waals surface area contributed by atoms with E-state index in [0.717, 1.165) is 0 Å². The topological polar surface area (TPSA) is 38.5 Å². The second kappa shape index (κ2) is 11.5. The molecule has 0 aromatic carbocycles. The average Bonchev–Trinajstić information content (AvgIpc) is 3.12. The second-order valence-corrected chi connectivity index (χ2v) is 7.60. The number of unbranched alkanes of at least 4 members (excludes halogenated alkanes) is 10. The summed E-state index contributed by atoms with van der Waals surface area (Å²) in [6.45, 7) is 6.61. The molecule has 0 aliphatic carbocycles. The van der Waals surface area contributed by atoms with E-state index in [1.165, 1.54) is 89.9 Å². The molecule has 132 valence electrons. The zero-order chi connectivity index (χ0) is 16.3. The van der Waals surface area contributed by atoms with E-state index in [4.69, 9.17) is 10.5 Å². The molecule has 2 unspecified atom stereocenters. The standard InChI is InChI=1S/C20H41NO/c1-4-6-8-10-12-14-16-18(19-20(3,21)22-19)17-15-13-11-9-7-5-2/h18-19H,4-17,21H2,1-3H3. The van der Waals surface area contributed by atoms with E-state index in [1.54, 1.807) is 0 Å². The molecule has 1 saturated heterocycles. The smallest absolute Gasteiger partial charge is 0.141 e. The minimum Gasteiger partial charge on any atom is -0.350 e. The highest BCUT2D eigenvalue weighted by atomic mass is 16.6. The van der Waals surface area contributed by atoms with Gasteiger partial charge in [0.2, 0.25) is 0 Å². The van der Waals surface area contributed by atoms with E-state index in [2.05, 4.69) is 13.8 Å². The number of hydrogen-bond acceptors (Lipinski definition) is 2. The first-order valence-electron chi connectivity index (χ1n) is 10.1. The predicted molar refractivity (Wildman–Crippen MR) is 96.9 cm³/mol. The highest BCUT2D eigenvalue weighted by Gasteiger charge is 2.52. The second-order valence-electron chi connectivity index (χ2n) is 7.60. The van der Waals surface area contributed by atoms with Gasteiger partial charge in [-0.2, -0.15) is 0 Å². The van der Waals surface area contributed by atoms with Gasteiger partial charge >= 0.3 is 0 Å². The van der Waals surface area contributed by atoms with Gasteiger partial charge < -0.3 is 10.5 Å². The number of nitrogens with two attached hydrogens (primary N) is 1. The van der Waals surface area contributed by atoms with Gasteiger partial charge in [0.05, 0.1) is 0 Å². The summed E-state index contributed by atoms with van der Waals surface area (Å²) in [7, 11) is 0. The summed E-state index contributed by atoms with van der Waals surface area (Å²) >= 11 is 0. The van der Waals surface area contributed by atoms with Crippen LogP contribution < -0.4 is 5.73 Å². The largest absolute Gasteiger partial charge is 0.350 e. The van der Waals surface area contributed by atoms with Gasteiger partial charge in [-0.05, 0) is 25.7 Å². The molecule has 1 rings (SSSR count). The minimum atomic E-state index is -0.324. The van der Waals surface area contributed by atoms with Crippen molar-refractivity contribution in [3.05, 3.63) is 0 Å². The summed E-state index contributed by atoms with van der Waals surface area (Å²) in [4.78, 5) is 0. The van der Waals surface area contributed by atoms with Gasteiger partial charge in [-0.25, -0.2) is 0 Å². The van der Waals surface area contributed by atoms with Crippen molar-refractivity contribution in [2.24, 2.45) is 11.7 Å². The Balaban J connectivity index is 2.12. The van der Waals surface area contributed by atoms with Gasteiger partial charge in [0.1, 0.15) is 11.8 Å². The molecule has 0 saturated carbocycles. The third-order valence-electron chi connectivity index (χ3n) is 5.17. The monoisotopic (exact) mass is 311 g/mol. The SMILES string of the molecule is CCCCCCCCC(CCCCCCCC)C1OC1(C)N. The van der Waals surface area contributed by atoms with E-state index in [-0.39, 0.29) is 5.72 Å². The Morgan fingerprint density at radius 2 is 1.14 bits per heavy atom. The average molecular weight is 312 g/mol. The lowest BCUT2D eigenvalue weighted by molar-refractivity contribution is 0.267. The maximum absolute atomic E-state index is 6.13. The molecule has 2 atom stereocenters. The van der Waals surface area contributed by atoms with Crippen molar-refractivity contribution in [2.45, 2.75) is 122 Å². The van der Waals surface area contributed by atoms with Gasteiger partial charge in [-0.15, -0.1) is 0 Å². The molecule has 0 radical (unpaired) electrons. The van der Waals surface area contributed by atoms with E-state index in [0.29, 0.717) is 12.0 Å². The quantitative estimate of drug-likeness (QED) is 0.290. The van der Waals surface area contributed by atoms with Crippen molar-refractivity contribution < 1.29 is 4.74 Å². The first kappa shape index (κ1) is 20.0. The summed E-state index contributed by atoms with van der Waals surface area (Å²) in [5, 5.41) is 0. The highest BCUT2D eigenvalue weighted by Crippen LogP contribution is 2.41. The maximum Gasteiger partial charge on any atom is 0.141 e. The van der Waals surface area contributed by atoms with Crippen molar-refractivity contribution in [1.82, 2.24) is 0 Å². The van der Waals surface area contributed by atoms with Gasteiger partial charge in [-0.1, -0.05) is 90.9 Å². The third-order valence-corrected chi connectivity index (χ3v) is 5.17. The van der Waals surface area contributed by atoms with Crippen molar-refractivity contribution in [3.63, 3.8) is 0 Å². The first-order valence-corrected chi connectivity index (χ1v) is 10.1. The van der Waals surface area contributed by atoms with E-state index >= 15 is 0 Å². The molecule has 1 heterocycles. The van der Waals surface area contributed by atoms with Gasteiger partial charge in [0.25, 0.3) is 0 Å². The third kappa shape index (κ3) is 8.53. The molecule has 2 N–H and O–H groups in total. The Hall–Kier alpha value is -0.0800. The summed E-state index contributed by atoms with van der Waals surface area (Å²) in [5.41, 5.74) is 5.80. The lowest BCUT2D eigenvalue weighted by Gasteiger charge is -2.15. The number of ether oxygens (including phenoxy) is 1. The zero-order valence-electron chi connectivity index (χ0n) is 15.5. The van der Waals surface area contributed by atoms with Crippen LogP contribution in [0, 0.1) is 5.92 Å². The van der Waals surface area contributed by atoms with Crippen LogP contribution in [0.5, 0.6) is 0 Å². The normalized spacial score (nSPS) is 24.1. The van der Waals surface area contributed by atoms with Crippen LogP contribution >= 0.6 is 0 Å². The number of epoxide rings is 1. The Bertz CT molecular complexity index is 248. The molecule has 2 heteroatoms. The maximum atomic E-state index is 6.13. The van der Waals surface area contributed by atoms with Gasteiger partial charge in [-0.3, -0.25) is 0 Å². The van der Waals surface area contributed by atoms with Crippen LogP contribution in [0.3, 0.4) is 0 Å². The van der Waals surface area contributed by atoms with Crippen LogP contribution in [-0.2, 0) is 4.74 Å². The molecule has 0 aromatic rings. The van der Waals surface area contributed by atoms with Crippen molar-refractivity contribution in [2.75, 3.05) is 0 Å². The molecule has 0 spiro atoms. The van der Waals surface area contributed by atoms with Crippen LogP contribution in [-0.4, -0.2) is 11.8 Å². The van der Waals surface area contributed by atoms with Gasteiger partial charge in [0.15, 0.2) is 0 Å². The number of rotatable bonds is 15. The van der Waals surface area contributed by atoms with Crippen LogP contribution in [0.1, 0.15) is 111 Å². The fraction of sp³-hybridized carbons (Fsp3) is 1.00. The molecule has 1 aliphatic heterocycles. The fourth-order valence-corrected chi connectivity index (χ4v) is 3.62. The van der Waals surface area contributed by atoms with Gasteiger partial charge in [0, 0.05) is 0 Å². The molecule has 22 heavy (non-hydrogen) atoms. The summed E-state index contributed by atoms with van der Waals surface area (Å²) in [6.07, 6.45) is 19.6. The molecule has 1 fully saturated rings. The van der Waals surface area contributed by atoms with Crippen molar-refractivity contribution >= 4 is 0 Å². The van der Waals surface area contributed by atoms with Crippen LogP contribution in [0.4, 0.5) is 0 Å². The van der Waals surface area contributed by atoms with E-state index < -0.39 is 0 Å². The van der Waals surface area contributed by atoms with E-state index in [9.17, 15) is 0 Å². The summed E-state index contributed by atoms with van der Waals surface area (Å²) in [5.74, 6) is 0.701. The van der Waals surface area contributed by atoms with Crippen molar-refractivity contribution in [1.29, 1.82) is 0 Å². The molecule has 2 nitrogen and oxygen atoms in total. The number of hydrogen-bond donors (Lipinski definition) is 1. The Kier molecular flexibility index (Phi) is 10.4. The Labute approximate surface area is 139 Å². The lowest BCUT2D eigenvalue weighted by atomic mass is 9.89. The predicted octanol–water partition coefficient (Wildman–Crippen LogP) is 6.18. The zero-order valence-corrected chi connectivity index (χ0v) is 15.5.